The zero-order chi connectivity index (χ0) is 78.2. The first kappa shape index (κ1) is 65.7. The molecule has 2 spiro atoms. The topological polar surface area (TPSA) is 80.5 Å². The van der Waals surface area contributed by atoms with Crippen molar-refractivity contribution in [2.75, 3.05) is 0 Å². The molecule has 0 N–H and O–H groups in total. The number of nitrogens with zero attached hydrogens (tertiary/aromatic N) is 8. The van der Waals surface area contributed by atoms with Crippen LogP contribution in [0.1, 0.15) is 44.5 Å². The first-order valence-electron chi connectivity index (χ1n) is 41.0. The maximum atomic E-state index is 7.34. The Morgan fingerprint density at radius 2 is 0.650 bits per heavy atom. The van der Waals surface area contributed by atoms with E-state index < -0.39 is 10.8 Å². The van der Waals surface area contributed by atoms with Crippen molar-refractivity contribution in [3.63, 3.8) is 0 Å². The molecule has 9 nitrogen and oxygen atoms in total. The third-order valence-electron chi connectivity index (χ3n) is 26.3. The molecule has 0 fully saturated rings. The van der Waals surface area contributed by atoms with Crippen LogP contribution in [0, 0.1) is 0 Å². The van der Waals surface area contributed by atoms with Crippen LogP contribution in [-0.4, -0.2) is 38.2 Å². The van der Waals surface area contributed by atoms with Crippen LogP contribution in [0.4, 0.5) is 0 Å². The lowest BCUT2D eigenvalue weighted by Gasteiger charge is -2.45. The minimum Gasteiger partial charge on any atom is -0.454 e. The Balaban J connectivity index is 0.000000127. The first-order valence-corrected chi connectivity index (χ1v) is 41.8. The molecule has 556 valence electrons. The Hall–Kier alpha value is -15.5. The molecule has 24 aromatic rings. The first-order chi connectivity index (χ1) is 59.5. The zero-order valence-corrected chi connectivity index (χ0v) is 65.2. The summed E-state index contributed by atoms with van der Waals surface area (Å²) in [7, 11) is 0. The van der Waals surface area contributed by atoms with E-state index in [1.54, 1.807) is 0 Å². The zero-order valence-electron chi connectivity index (χ0n) is 64.3. The van der Waals surface area contributed by atoms with E-state index in [0.29, 0.717) is 11.9 Å². The Morgan fingerprint density at radius 1 is 0.233 bits per heavy atom. The van der Waals surface area contributed by atoms with Crippen molar-refractivity contribution < 1.29 is 4.74 Å². The summed E-state index contributed by atoms with van der Waals surface area (Å²) in [5.41, 5.74) is 25.8. The van der Waals surface area contributed by atoms with E-state index >= 15 is 0 Å². The van der Waals surface area contributed by atoms with Gasteiger partial charge in [-0.15, -0.1) is 0 Å². The summed E-state index contributed by atoms with van der Waals surface area (Å²) in [6.07, 6.45) is 0. The van der Waals surface area contributed by atoms with E-state index in [1.807, 2.05) is 11.8 Å². The fraction of sp³-hybridized carbons (Fsp3) is 0.0182. The SMILES string of the molecule is c1ccc2c(c1)Oc1c(ccc3c4ccccc4n(-c4nc(-c5ccc6ccccc6c5)c5ccccc5n4)c13)C21c2ccccc2-n2c3ccccc3c3cccc1c32.c1ccc2c(c1)Sc1cc3c(cc1C21c2ccccc2-n2c4ccccc4c4cccc1c42)c1ccccc1n3-c1nc(-c2ccc3ccccc3c2)c2ccccc2n1. The third kappa shape index (κ3) is 8.75. The Kier molecular flexibility index (Phi) is 13.4. The van der Waals surface area contributed by atoms with Crippen molar-refractivity contribution in [1.82, 2.24) is 38.2 Å². The van der Waals surface area contributed by atoms with Crippen LogP contribution in [0.25, 0.3) is 176 Å². The lowest BCUT2D eigenvalue weighted by Crippen LogP contribution is -2.37. The van der Waals surface area contributed by atoms with Crippen LogP contribution in [0.5, 0.6) is 11.5 Å². The molecule has 0 radical (unpaired) electrons. The highest BCUT2D eigenvalue weighted by Gasteiger charge is 2.53. The number of para-hydroxylation sites is 11. The predicted octanol–water partition coefficient (Wildman–Crippen LogP) is 27.3. The van der Waals surface area contributed by atoms with Gasteiger partial charge in [0.15, 0.2) is 5.75 Å². The molecule has 2 unspecified atom stereocenters. The summed E-state index contributed by atoms with van der Waals surface area (Å²) in [6.45, 7) is 0. The van der Waals surface area contributed by atoms with Crippen molar-refractivity contribution >= 4 is 142 Å². The minimum atomic E-state index is -0.708. The standard InChI is InChI=1S/C55H32N4O.C55H32N4S/c1-2-15-34-32-35(29-28-33(34)14-1)50-40-18-3-8-23-45(40)56-54(57-50)59-47-25-10-5-17-37(47)39-30-31-44-53(52(39)59)60-49-27-12-7-21-42(49)55(44)41-20-6-11-26-48(41)58-46-24-9-4-16-36(46)38-19-13-22-43(55)51(38)58;1-2-15-34-30-35(29-28-33(34)14-1)52-39-18-3-8-23-45(39)56-54(57-52)59-47-25-10-5-17-37(47)40-31-44-51(32-49(40)59)60-50-27-12-7-21-42(50)55(44)41-20-6-11-26-48(41)58-46-24-9-4-16-36(46)38-19-13-22-43(55)53(38)58/h2*1-32H. The third-order valence-corrected chi connectivity index (χ3v) is 27.4. The molecule has 18 aromatic carbocycles. The van der Waals surface area contributed by atoms with Crippen LogP contribution < -0.4 is 4.74 Å². The van der Waals surface area contributed by atoms with Crippen molar-refractivity contribution in [3.05, 3.63) is 433 Å². The number of hydrogen-bond donors (Lipinski definition) is 0. The molecule has 10 heterocycles. The van der Waals surface area contributed by atoms with Gasteiger partial charge in [-0.25, -0.2) is 19.9 Å². The fourth-order valence-electron chi connectivity index (χ4n) is 21.5. The van der Waals surface area contributed by atoms with Gasteiger partial charge in [0.1, 0.15) is 11.3 Å². The molecule has 0 saturated carbocycles. The molecule has 0 saturated heterocycles. The quantitative estimate of drug-likeness (QED) is 0.175. The molecule has 10 heteroatoms. The summed E-state index contributed by atoms with van der Waals surface area (Å²) >= 11 is 1.87. The van der Waals surface area contributed by atoms with Gasteiger partial charge in [-0.2, -0.15) is 0 Å². The van der Waals surface area contributed by atoms with E-state index in [0.717, 1.165) is 99.8 Å². The largest absolute Gasteiger partial charge is 0.454 e. The highest BCUT2D eigenvalue weighted by Crippen LogP contribution is 2.64. The normalized spacial score (nSPS) is 15.3. The van der Waals surface area contributed by atoms with Crippen molar-refractivity contribution in [2.24, 2.45) is 0 Å². The van der Waals surface area contributed by atoms with Gasteiger partial charge in [-0.3, -0.25) is 9.13 Å². The Labute approximate surface area is 691 Å². The maximum absolute atomic E-state index is 7.34. The number of ether oxygens (including phenoxy) is 1. The summed E-state index contributed by atoms with van der Waals surface area (Å²) in [5, 5.41) is 16.4. The van der Waals surface area contributed by atoms with Gasteiger partial charge < -0.3 is 13.9 Å². The van der Waals surface area contributed by atoms with Gasteiger partial charge in [0.05, 0.1) is 83.2 Å². The van der Waals surface area contributed by atoms with Crippen LogP contribution >= 0.6 is 11.8 Å². The molecule has 4 aliphatic rings. The second-order valence-electron chi connectivity index (χ2n) is 32.2. The smallest absolute Gasteiger partial charge is 0.235 e. The number of aromatic nitrogens is 8. The van der Waals surface area contributed by atoms with Gasteiger partial charge in [0.2, 0.25) is 11.9 Å². The van der Waals surface area contributed by atoms with Crippen LogP contribution in [0.3, 0.4) is 0 Å². The molecule has 0 amide bonds. The lowest BCUT2D eigenvalue weighted by atomic mass is 9.61. The summed E-state index contributed by atoms with van der Waals surface area (Å²) in [6, 6.07) is 141. The Bertz CT molecular complexity index is 8680. The number of fused-ring (bicyclic) bond motifs is 33. The second-order valence-corrected chi connectivity index (χ2v) is 33.2. The van der Waals surface area contributed by atoms with Crippen molar-refractivity contribution in [3.8, 4) is 57.3 Å². The van der Waals surface area contributed by atoms with E-state index in [-0.39, 0.29) is 0 Å². The van der Waals surface area contributed by atoms with Crippen LogP contribution in [0.2, 0.25) is 0 Å². The van der Waals surface area contributed by atoms with Crippen LogP contribution in [0.15, 0.2) is 398 Å². The molecule has 2 atom stereocenters. The number of rotatable bonds is 4. The van der Waals surface area contributed by atoms with Gasteiger partial charge >= 0.3 is 0 Å². The summed E-state index contributed by atoms with van der Waals surface area (Å²) < 4.78 is 16.9. The van der Waals surface area contributed by atoms with Crippen molar-refractivity contribution in [1.29, 1.82) is 0 Å². The van der Waals surface area contributed by atoms with E-state index in [1.165, 1.54) is 130 Å². The van der Waals surface area contributed by atoms with Gasteiger partial charge in [-0.1, -0.05) is 315 Å². The molecule has 0 bridgehead atoms. The molecule has 28 rings (SSSR count). The van der Waals surface area contributed by atoms with Gasteiger partial charge in [0, 0.05) is 85.9 Å². The van der Waals surface area contributed by atoms with Crippen molar-refractivity contribution in [2.45, 2.75) is 20.6 Å². The average molecular weight is 1550 g/mol. The molecule has 6 aromatic heterocycles. The Morgan fingerprint density at radius 3 is 1.23 bits per heavy atom. The molecular weight excluding hydrogens is 1480 g/mol. The fourth-order valence-corrected chi connectivity index (χ4v) is 22.7. The predicted molar refractivity (Wildman–Crippen MR) is 490 cm³/mol. The highest BCUT2D eigenvalue weighted by atomic mass is 32.2. The van der Waals surface area contributed by atoms with E-state index in [9.17, 15) is 0 Å². The minimum absolute atomic E-state index is 0.572. The van der Waals surface area contributed by atoms with E-state index in [2.05, 4.69) is 407 Å². The van der Waals surface area contributed by atoms with E-state index in [4.69, 9.17) is 24.7 Å². The number of benzene rings is 18. The van der Waals surface area contributed by atoms with Gasteiger partial charge in [-0.05, 0) is 140 Å². The molecule has 120 heavy (non-hydrogen) atoms. The molecule has 0 aliphatic carbocycles. The average Bonchev–Trinajstić information content (AvgIpc) is 1.36. The molecule has 4 aliphatic heterocycles. The maximum Gasteiger partial charge on any atom is 0.235 e. The van der Waals surface area contributed by atoms with Crippen LogP contribution in [-0.2, 0) is 10.8 Å². The van der Waals surface area contributed by atoms with Gasteiger partial charge in [0.25, 0.3) is 0 Å². The lowest BCUT2D eigenvalue weighted by molar-refractivity contribution is 0.437. The molecular formula is C110H64N8OS. The monoisotopic (exact) mass is 1540 g/mol. The second kappa shape index (κ2) is 24.5. The summed E-state index contributed by atoms with van der Waals surface area (Å²) in [4.78, 5) is 24.2. The summed E-state index contributed by atoms with van der Waals surface area (Å²) in [5.74, 6) is 2.90. The highest BCUT2D eigenvalue weighted by molar-refractivity contribution is 7.99. The number of hydrogen-bond acceptors (Lipinski definition) is 6.